The van der Waals surface area contributed by atoms with Crippen LogP contribution >= 0.6 is 11.6 Å². The van der Waals surface area contributed by atoms with Crippen molar-refractivity contribution in [3.63, 3.8) is 0 Å². The highest BCUT2D eigenvalue weighted by Gasteiger charge is 2.31. The Labute approximate surface area is 180 Å². The monoisotopic (exact) mass is 455 g/mol. The van der Waals surface area contributed by atoms with Crippen molar-refractivity contribution in [2.24, 2.45) is 0 Å². The Balaban J connectivity index is 1.96. The number of hydrogen-bond donors (Lipinski definition) is 1. The summed E-state index contributed by atoms with van der Waals surface area (Å²) in [5.41, 5.74) is -0.623. The molecule has 0 radical (unpaired) electrons. The molecule has 1 heterocycles. The maximum Gasteiger partial charge on any atom is 0.416 e. The number of hydrogen-bond acceptors (Lipinski definition) is 5. The first-order chi connectivity index (χ1) is 14.7. The summed E-state index contributed by atoms with van der Waals surface area (Å²) in [5, 5.41) is 7.00. The van der Waals surface area contributed by atoms with Gasteiger partial charge in [0.15, 0.2) is 11.4 Å². The zero-order valence-corrected chi connectivity index (χ0v) is 17.3. The molecule has 0 aliphatic rings. The predicted octanol–water partition coefficient (Wildman–Crippen LogP) is 4.82. The van der Waals surface area contributed by atoms with Gasteiger partial charge in [-0.3, -0.25) is 4.79 Å². The normalized spacial score (nSPS) is 11.2. The van der Waals surface area contributed by atoms with Gasteiger partial charge in [0.25, 0.3) is 5.91 Å². The van der Waals surface area contributed by atoms with Crippen LogP contribution < -0.4 is 19.5 Å². The molecule has 2 aromatic carbocycles. The Morgan fingerprint density at radius 3 is 2.32 bits per heavy atom. The van der Waals surface area contributed by atoms with Crippen LogP contribution in [0.15, 0.2) is 42.6 Å². The molecular weight excluding hydrogens is 439 g/mol. The van der Waals surface area contributed by atoms with Gasteiger partial charge < -0.3 is 19.5 Å². The van der Waals surface area contributed by atoms with Crippen molar-refractivity contribution in [2.45, 2.75) is 6.18 Å². The molecule has 0 atom stereocenters. The van der Waals surface area contributed by atoms with Crippen molar-refractivity contribution < 1.29 is 32.2 Å². The summed E-state index contributed by atoms with van der Waals surface area (Å²) in [6, 6.07) is 7.47. The third kappa shape index (κ3) is 4.69. The standard InChI is InChI=1S/C20H17ClF3N3O4/c1-29-15-9-14(16(30-2)8-13(15)21)25-19(28)18-17(31-3)10-27(26-18)12-6-4-5-11(7-12)20(22,23)24/h4-10H,1-3H3,(H,25,28). The number of carbonyl (C=O) groups is 1. The van der Waals surface area contributed by atoms with E-state index < -0.39 is 17.6 Å². The quantitative estimate of drug-likeness (QED) is 0.576. The Hall–Kier alpha value is -3.40. The van der Waals surface area contributed by atoms with Gasteiger partial charge in [-0.2, -0.15) is 18.3 Å². The van der Waals surface area contributed by atoms with Crippen molar-refractivity contribution >= 4 is 23.2 Å². The average Bonchev–Trinajstić information content (AvgIpc) is 3.19. The van der Waals surface area contributed by atoms with Crippen LogP contribution in [0.4, 0.5) is 18.9 Å². The maximum absolute atomic E-state index is 13.0. The second kappa shape index (κ2) is 8.76. The molecule has 11 heteroatoms. The van der Waals surface area contributed by atoms with E-state index >= 15 is 0 Å². The molecule has 0 saturated carbocycles. The van der Waals surface area contributed by atoms with Gasteiger partial charge in [-0.15, -0.1) is 0 Å². The minimum atomic E-state index is -4.52. The second-order valence-electron chi connectivity index (χ2n) is 6.18. The average molecular weight is 456 g/mol. The second-order valence-corrected chi connectivity index (χ2v) is 6.59. The molecule has 0 aliphatic carbocycles. The van der Waals surface area contributed by atoms with E-state index in [0.717, 1.165) is 16.8 Å². The summed E-state index contributed by atoms with van der Waals surface area (Å²) in [4.78, 5) is 12.8. The largest absolute Gasteiger partial charge is 0.495 e. The highest BCUT2D eigenvalue weighted by Crippen LogP contribution is 2.36. The minimum Gasteiger partial charge on any atom is -0.495 e. The van der Waals surface area contributed by atoms with Crippen LogP contribution in [0.25, 0.3) is 5.69 Å². The number of nitrogens with zero attached hydrogens (tertiary/aromatic N) is 2. The predicted molar refractivity (Wildman–Crippen MR) is 108 cm³/mol. The van der Waals surface area contributed by atoms with Gasteiger partial charge in [-0.05, 0) is 18.2 Å². The van der Waals surface area contributed by atoms with Gasteiger partial charge in [0.05, 0.1) is 49.5 Å². The molecule has 0 unspecified atom stereocenters. The van der Waals surface area contributed by atoms with E-state index in [4.69, 9.17) is 25.8 Å². The number of anilines is 1. The summed E-state index contributed by atoms with van der Waals surface area (Å²) in [7, 11) is 4.13. The third-order valence-electron chi connectivity index (χ3n) is 4.28. The van der Waals surface area contributed by atoms with Crippen molar-refractivity contribution in [2.75, 3.05) is 26.6 Å². The lowest BCUT2D eigenvalue weighted by molar-refractivity contribution is -0.137. The molecule has 3 rings (SSSR count). The summed E-state index contributed by atoms with van der Waals surface area (Å²) in [6.45, 7) is 0. The van der Waals surface area contributed by atoms with E-state index in [1.807, 2.05) is 0 Å². The lowest BCUT2D eigenvalue weighted by Crippen LogP contribution is -2.15. The van der Waals surface area contributed by atoms with Crippen LogP contribution in [0.3, 0.4) is 0 Å². The van der Waals surface area contributed by atoms with Crippen LogP contribution in [0, 0.1) is 0 Å². The molecule has 7 nitrogen and oxygen atoms in total. The minimum absolute atomic E-state index is 0.0646. The van der Waals surface area contributed by atoms with E-state index in [1.54, 1.807) is 0 Å². The first kappa shape index (κ1) is 22.3. The Bertz CT molecular complexity index is 1120. The molecule has 1 amide bonds. The van der Waals surface area contributed by atoms with Gasteiger partial charge in [0.2, 0.25) is 0 Å². The number of aromatic nitrogens is 2. The number of carbonyl (C=O) groups excluding carboxylic acids is 1. The molecule has 0 aliphatic heterocycles. The fourth-order valence-electron chi connectivity index (χ4n) is 2.76. The van der Waals surface area contributed by atoms with Crippen molar-refractivity contribution in [1.29, 1.82) is 0 Å². The third-order valence-corrected chi connectivity index (χ3v) is 4.57. The number of ether oxygens (including phenoxy) is 3. The van der Waals surface area contributed by atoms with Crippen molar-refractivity contribution in [1.82, 2.24) is 9.78 Å². The van der Waals surface area contributed by atoms with E-state index in [-0.39, 0.29) is 33.6 Å². The number of nitrogens with one attached hydrogen (secondary N) is 1. The fourth-order valence-corrected chi connectivity index (χ4v) is 2.99. The number of amides is 1. The number of methoxy groups -OCH3 is 3. The Morgan fingerprint density at radius 1 is 1.03 bits per heavy atom. The van der Waals surface area contributed by atoms with Gasteiger partial charge in [0, 0.05) is 12.1 Å². The van der Waals surface area contributed by atoms with E-state index in [0.29, 0.717) is 5.75 Å². The summed E-state index contributed by atoms with van der Waals surface area (Å²) >= 11 is 6.06. The Kier molecular flexibility index (Phi) is 6.30. The van der Waals surface area contributed by atoms with Crippen molar-refractivity contribution in [3.05, 3.63) is 58.9 Å². The lowest BCUT2D eigenvalue weighted by Gasteiger charge is -2.12. The summed E-state index contributed by atoms with van der Waals surface area (Å²) in [5.74, 6) is -0.0327. The van der Waals surface area contributed by atoms with Gasteiger partial charge in [-0.25, -0.2) is 4.68 Å². The smallest absolute Gasteiger partial charge is 0.416 e. The molecule has 0 fully saturated rings. The van der Waals surface area contributed by atoms with Crippen LogP contribution in [0.5, 0.6) is 17.2 Å². The molecule has 1 N–H and O–H groups in total. The molecule has 0 saturated heterocycles. The molecule has 31 heavy (non-hydrogen) atoms. The first-order valence-electron chi connectivity index (χ1n) is 8.72. The lowest BCUT2D eigenvalue weighted by atomic mass is 10.2. The molecular formula is C20H17ClF3N3O4. The van der Waals surface area contributed by atoms with Crippen molar-refractivity contribution in [3.8, 4) is 22.9 Å². The van der Waals surface area contributed by atoms with Gasteiger partial charge >= 0.3 is 6.18 Å². The molecule has 1 aromatic heterocycles. The zero-order valence-electron chi connectivity index (χ0n) is 16.6. The SMILES string of the molecule is COc1cc(NC(=O)c2nn(-c3cccc(C(F)(F)F)c3)cc2OC)c(OC)cc1Cl. The van der Waals surface area contributed by atoms with Crippen LogP contribution in [0.2, 0.25) is 5.02 Å². The molecule has 164 valence electrons. The van der Waals surface area contributed by atoms with E-state index in [9.17, 15) is 18.0 Å². The van der Waals surface area contributed by atoms with E-state index in [1.165, 1.54) is 51.8 Å². The van der Waals surface area contributed by atoms with Gasteiger partial charge in [0.1, 0.15) is 11.5 Å². The maximum atomic E-state index is 13.0. The van der Waals surface area contributed by atoms with Gasteiger partial charge in [-0.1, -0.05) is 17.7 Å². The zero-order chi connectivity index (χ0) is 22.8. The number of benzene rings is 2. The molecule has 0 bridgehead atoms. The Morgan fingerprint density at radius 2 is 1.71 bits per heavy atom. The number of rotatable bonds is 6. The van der Waals surface area contributed by atoms with Crippen LogP contribution in [0.1, 0.15) is 16.1 Å². The highest BCUT2D eigenvalue weighted by atomic mass is 35.5. The number of alkyl halides is 3. The van der Waals surface area contributed by atoms with Crippen LogP contribution in [-0.4, -0.2) is 37.0 Å². The first-order valence-corrected chi connectivity index (χ1v) is 9.10. The fraction of sp³-hybridized carbons (Fsp3) is 0.200. The number of halogens is 4. The highest BCUT2D eigenvalue weighted by molar-refractivity contribution is 6.32. The molecule has 3 aromatic rings. The topological polar surface area (TPSA) is 74.6 Å². The van der Waals surface area contributed by atoms with Crippen LogP contribution in [-0.2, 0) is 6.18 Å². The molecule has 0 spiro atoms. The summed E-state index contributed by atoms with van der Waals surface area (Å²) in [6.07, 6.45) is -3.21. The summed E-state index contributed by atoms with van der Waals surface area (Å²) < 4.78 is 55.7. The van der Waals surface area contributed by atoms with E-state index in [2.05, 4.69) is 10.4 Å².